The summed E-state index contributed by atoms with van der Waals surface area (Å²) in [6, 6.07) is 5.88. The third kappa shape index (κ3) is 2.12. The van der Waals surface area contributed by atoms with E-state index in [1.807, 2.05) is 0 Å². The van der Waals surface area contributed by atoms with Crippen molar-refractivity contribution in [3.63, 3.8) is 0 Å². The van der Waals surface area contributed by atoms with Crippen LogP contribution < -0.4 is 5.56 Å². The maximum atomic E-state index is 12.4. The molecule has 0 amide bonds. The summed E-state index contributed by atoms with van der Waals surface area (Å²) in [5.41, 5.74) is -1.34. The lowest BCUT2D eigenvalue weighted by Crippen LogP contribution is -2.13. The van der Waals surface area contributed by atoms with E-state index in [0.29, 0.717) is 0 Å². The lowest BCUT2D eigenvalue weighted by molar-refractivity contribution is -0.384. The molecule has 0 aliphatic heterocycles. The second-order valence-corrected chi connectivity index (χ2v) is 3.46. The highest BCUT2D eigenvalue weighted by molar-refractivity contribution is 5.42. The van der Waals surface area contributed by atoms with E-state index < -0.39 is 22.6 Å². The van der Waals surface area contributed by atoms with Crippen molar-refractivity contribution < 1.29 is 13.7 Å². The number of nitrogens with one attached hydrogen (secondary N) is 1. The van der Waals surface area contributed by atoms with Crippen molar-refractivity contribution in [1.82, 2.24) is 9.78 Å². The summed E-state index contributed by atoms with van der Waals surface area (Å²) >= 11 is 0. The van der Waals surface area contributed by atoms with Crippen molar-refractivity contribution in [2.24, 2.45) is 0 Å². The molecule has 0 bridgehead atoms. The lowest BCUT2D eigenvalue weighted by atomic mass is 10.3. The minimum absolute atomic E-state index is 0.126. The Bertz CT molecular complexity index is 648. The first-order chi connectivity index (χ1) is 8.49. The summed E-state index contributed by atoms with van der Waals surface area (Å²) in [5.74, 6) is 0. The highest BCUT2D eigenvalue weighted by atomic mass is 19.3. The van der Waals surface area contributed by atoms with Gasteiger partial charge in [0, 0.05) is 18.2 Å². The molecule has 0 aliphatic rings. The Kier molecular flexibility index (Phi) is 2.92. The van der Waals surface area contributed by atoms with Gasteiger partial charge in [0.25, 0.3) is 17.7 Å². The van der Waals surface area contributed by atoms with E-state index in [-0.39, 0.29) is 11.4 Å². The molecule has 2 aromatic rings. The molecule has 6 nitrogen and oxygen atoms in total. The molecule has 0 unspecified atom stereocenters. The van der Waals surface area contributed by atoms with E-state index in [9.17, 15) is 23.7 Å². The molecule has 0 fully saturated rings. The van der Waals surface area contributed by atoms with Gasteiger partial charge < -0.3 is 0 Å². The van der Waals surface area contributed by atoms with Gasteiger partial charge in [-0.3, -0.25) is 20.0 Å². The van der Waals surface area contributed by atoms with E-state index in [0.717, 1.165) is 16.8 Å². The Morgan fingerprint density at radius 2 is 2.06 bits per heavy atom. The third-order valence-electron chi connectivity index (χ3n) is 2.27. The number of hydrogen-bond acceptors (Lipinski definition) is 3. The zero-order chi connectivity index (χ0) is 13.3. The van der Waals surface area contributed by atoms with Crippen molar-refractivity contribution in [2.45, 2.75) is 6.43 Å². The highest BCUT2D eigenvalue weighted by Gasteiger charge is 2.14. The average Bonchev–Trinajstić information content (AvgIpc) is 2.72. The van der Waals surface area contributed by atoms with Gasteiger partial charge in [-0.05, 0) is 6.07 Å². The molecule has 0 radical (unpaired) electrons. The fraction of sp³-hybridized carbons (Fsp3) is 0.100. The van der Waals surface area contributed by atoms with E-state index in [1.54, 1.807) is 0 Å². The van der Waals surface area contributed by atoms with Gasteiger partial charge in [-0.15, -0.1) is 0 Å². The molecule has 0 atom stereocenters. The van der Waals surface area contributed by atoms with Crippen LogP contribution in [0.3, 0.4) is 0 Å². The molecule has 1 N–H and O–H groups in total. The van der Waals surface area contributed by atoms with Crippen molar-refractivity contribution in [2.75, 3.05) is 0 Å². The minimum atomic E-state index is -2.81. The fourth-order valence-electron chi connectivity index (χ4n) is 1.46. The van der Waals surface area contributed by atoms with Gasteiger partial charge in [-0.2, -0.15) is 0 Å². The second kappa shape index (κ2) is 4.40. The molecule has 0 spiro atoms. The van der Waals surface area contributed by atoms with Crippen molar-refractivity contribution in [3.05, 3.63) is 56.5 Å². The van der Waals surface area contributed by atoms with Crippen LogP contribution in [0.2, 0.25) is 0 Å². The number of halogens is 2. The molecule has 0 aliphatic carbocycles. The molecule has 94 valence electrons. The summed E-state index contributed by atoms with van der Waals surface area (Å²) < 4.78 is 25.6. The predicted molar refractivity (Wildman–Crippen MR) is 58.0 cm³/mol. The maximum absolute atomic E-state index is 12.4. The first-order valence-electron chi connectivity index (χ1n) is 4.84. The normalized spacial score (nSPS) is 10.8. The Morgan fingerprint density at radius 3 is 2.61 bits per heavy atom. The van der Waals surface area contributed by atoms with Gasteiger partial charge in [0.15, 0.2) is 0 Å². The summed E-state index contributed by atoms with van der Waals surface area (Å²) in [7, 11) is 0. The number of non-ortho nitro benzene ring substituents is 1. The van der Waals surface area contributed by atoms with Crippen molar-refractivity contribution in [3.8, 4) is 5.69 Å². The van der Waals surface area contributed by atoms with E-state index in [2.05, 4.69) is 5.10 Å². The molecule has 1 aromatic carbocycles. The first-order valence-corrected chi connectivity index (χ1v) is 4.84. The summed E-state index contributed by atoms with van der Waals surface area (Å²) in [4.78, 5) is 21.4. The number of nitro benzene ring substituents is 1. The van der Waals surface area contributed by atoms with Crippen molar-refractivity contribution >= 4 is 5.69 Å². The first kappa shape index (κ1) is 12.0. The molecule has 1 aromatic heterocycles. The Balaban J connectivity index is 2.52. The molecule has 8 heteroatoms. The number of alkyl halides is 2. The predicted octanol–water partition coefficient (Wildman–Crippen LogP) is 2.01. The van der Waals surface area contributed by atoms with Crippen LogP contribution in [0.5, 0.6) is 0 Å². The zero-order valence-electron chi connectivity index (χ0n) is 8.84. The smallest absolute Gasteiger partial charge is 0.279 e. The van der Waals surface area contributed by atoms with Crippen molar-refractivity contribution in [1.29, 1.82) is 0 Å². The molecule has 2 rings (SSSR count). The van der Waals surface area contributed by atoms with E-state index >= 15 is 0 Å². The van der Waals surface area contributed by atoms with Crippen LogP contribution in [-0.4, -0.2) is 14.7 Å². The monoisotopic (exact) mass is 255 g/mol. The summed E-state index contributed by atoms with van der Waals surface area (Å²) in [6.07, 6.45) is -2.81. The van der Waals surface area contributed by atoms with Crippen LogP contribution in [0, 0.1) is 10.1 Å². The molecule has 0 saturated heterocycles. The summed E-state index contributed by atoms with van der Waals surface area (Å²) in [5, 5.41) is 12.8. The fourth-order valence-corrected chi connectivity index (χ4v) is 1.46. The van der Waals surface area contributed by atoms with Crippen LogP contribution in [0.4, 0.5) is 14.5 Å². The lowest BCUT2D eigenvalue weighted by Gasteiger charge is -2.01. The van der Waals surface area contributed by atoms with E-state index in [4.69, 9.17) is 0 Å². The number of H-pyrrole nitrogens is 1. The van der Waals surface area contributed by atoms with Crippen LogP contribution in [0.15, 0.2) is 35.1 Å². The number of benzene rings is 1. The number of rotatable bonds is 3. The van der Waals surface area contributed by atoms with Gasteiger partial charge in [0.2, 0.25) is 0 Å². The van der Waals surface area contributed by atoms with Crippen LogP contribution in [0.1, 0.15) is 12.1 Å². The Morgan fingerprint density at radius 1 is 1.33 bits per heavy atom. The number of nitro groups is 1. The molecule has 18 heavy (non-hydrogen) atoms. The SMILES string of the molecule is O=c1cc(C(F)F)[nH]n1-c1cccc([N+](=O)[O-])c1. The zero-order valence-corrected chi connectivity index (χ0v) is 8.84. The van der Waals surface area contributed by atoms with Gasteiger partial charge >= 0.3 is 0 Å². The average molecular weight is 255 g/mol. The minimum Gasteiger partial charge on any atom is -0.289 e. The third-order valence-corrected chi connectivity index (χ3v) is 2.27. The molecule has 0 saturated carbocycles. The largest absolute Gasteiger partial charge is 0.289 e. The van der Waals surface area contributed by atoms with E-state index in [1.165, 1.54) is 18.2 Å². The number of hydrogen-bond donors (Lipinski definition) is 1. The number of aromatic nitrogens is 2. The molecular formula is C10H7F2N3O3. The van der Waals surface area contributed by atoms with Crippen LogP contribution in [0.25, 0.3) is 5.69 Å². The topological polar surface area (TPSA) is 80.9 Å². The van der Waals surface area contributed by atoms with Gasteiger partial charge in [0.1, 0.15) is 5.69 Å². The second-order valence-electron chi connectivity index (χ2n) is 3.46. The quantitative estimate of drug-likeness (QED) is 0.672. The van der Waals surface area contributed by atoms with Gasteiger partial charge in [-0.1, -0.05) is 6.07 Å². The van der Waals surface area contributed by atoms with Gasteiger partial charge in [0.05, 0.1) is 10.6 Å². The molecule has 1 heterocycles. The Hall–Kier alpha value is -2.51. The van der Waals surface area contributed by atoms with Crippen LogP contribution in [-0.2, 0) is 0 Å². The standard InChI is InChI=1S/C10H7F2N3O3/c11-10(12)8-5-9(16)14(13-8)6-2-1-3-7(4-6)15(17)18/h1-5,10,13H. The van der Waals surface area contributed by atoms with Gasteiger partial charge in [-0.25, -0.2) is 13.5 Å². The molecular weight excluding hydrogens is 248 g/mol. The maximum Gasteiger partial charge on any atom is 0.279 e. The highest BCUT2D eigenvalue weighted by Crippen LogP contribution is 2.18. The number of aromatic amines is 1. The number of nitrogens with zero attached hydrogens (tertiary/aromatic N) is 2. The summed E-state index contributed by atoms with van der Waals surface area (Å²) in [6.45, 7) is 0. The van der Waals surface area contributed by atoms with Crippen LogP contribution >= 0.6 is 0 Å². The Labute approximate surface area is 98.6 Å².